The Morgan fingerprint density at radius 3 is 1.78 bits per heavy atom. The second-order valence-corrected chi connectivity index (χ2v) is 7.56. The highest BCUT2D eigenvalue weighted by Gasteiger charge is 2.52. The first-order chi connectivity index (χ1) is 10.6. The first kappa shape index (κ1) is 21.9. The van der Waals surface area contributed by atoms with E-state index in [-0.39, 0.29) is 17.8 Å². The van der Waals surface area contributed by atoms with Gasteiger partial charge >= 0.3 is 11.9 Å². The maximum absolute atomic E-state index is 12.3. The van der Waals surface area contributed by atoms with Gasteiger partial charge in [0, 0.05) is 0 Å². The Bertz CT molecular complexity index is 376. The molecule has 0 fully saturated rings. The van der Waals surface area contributed by atoms with Crippen molar-refractivity contribution in [3.63, 3.8) is 0 Å². The van der Waals surface area contributed by atoms with E-state index in [9.17, 15) is 19.8 Å². The van der Waals surface area contributed by atoms with Crippen LogP contribution >= 0.6 is 0 Å². The number of hydrogen-bond donors (Lipinski definition) is 2. The minimum atomic E-state index is -0.974. The van der Waals surface area contributed by atoms with E-state index in [1.807, 2.05) is 27.7 Å². The molecule has 0 spiro atoms. The lowest BCUT2D eigenvalue weighted by atomic mass is 9.57. The third kappa shape index (κ3) is 5.50. The average Bonchev–Trinajstić information content (AvgIpc) is 2.43. The second-order valence-electron chi connectivity index (χ2n) is 7.56. The van der Waals surface area contributed by atoms with E-state index in [0.717, 1.165) is 25.7 Å². The number of rotatable bonds is 12. The zero-order valence-corrected chi connectivity index (χ0v) is 15.8. The van der Waals surface area contributed by atoms with Crippen LogP contribution in [0.25, 0.3) is 0 Å². The molecule has 0 saturated carbocycles. The van der Waals surface area contributed by atoms with Gasteiger partial charge in [0.25, 0.3) is 0 Å². The highest BCUT2D eigenvalue weighted by molar-refractivity contribution is 5.78. The number of hydrogen-bond acceptors (Lipinski definition) is 2. The maximum Gasteiger partial charge on any atom is 0.310 e. The van der Waals surface area contributed by atoms with Crippen LogP contribution in [-0.2, 0) is 9.59 Å². The SMILES string of the molecule is CCCCCCCC(C(=O)O)(C(C)C)C(C(C)C)C(C)C(=O)O. The number of carboxylic acids is 2. The number of aliphatic carboxylic acids is 2. The first-order valence-corrected chi connectivity index (χ1v) is 9.09. The molecule has 0 heterocycles. The van der Waals surface area contributed by atoms with E-state index < -0.39 is 23.3 Å². The van der Waals surface area contributed by atoms with Crippen molar-refractivity contribution >= 4 is 11.9 Å². The lowest BCUT2D eigenvalue weighted by molar-refractivity contribution is -0.165. The molecule has 0 aliphatic heterocycles. The van der Waals surface area contributed by atoms with Gasteiger partial charge in [-0.15, -0.1) is 0 Å². The highest BCUT2D eigenvalue weighted by Crippen LogP contribution is 2.48. The summed E-state index contributed by atoms with van der Waals surface area (Å²) in [6.07, 6.45) is 5.86. The van der Waals surface area contributed by atoms with Gasteiger partial charge in [0.2, 0.25) is 0 Å². The Labute approximate surface area is 141 Å². The van der Waals surface area contributed by atoms with Crippen LogP contribution in [0.3, 0.4) is 0 Å². The molecule has 0 aliphatic carbocycles. The molecule has 0 aromatic carbocycles. The van der Waals surface area contributed by atoms with E-state index in [4.69, 9.17) is 0 Å². The smallest absolute Gasteiger partial charge is 0.310 e. The molecule has 23 heavy (non-hydrogen) atoms. The van der Waals surface area contributed by atoms with E-state index in [0.29, 0.717) is 6.42 Å². The fraction of sp³-hybridized carbons (Fsp3) is 0.895. The van der Waals surface area contributed by atoms with E-state index in [1.54, 1.807) is 6.92 Å². The fourth-order valence-corrected chi connectivity index (χ4v) is 4.13. The van der Waals surface area contributed by atoms with Crippen LogP contribution in [0, 0.1) is 29.1 Å². The normalized spacial score (nSPS) is 17.0. The van der Waals surface area contributed by atoms with Crippen LogP contribution in [0.1, 0.15) is 80.1 Å². The van der Waals surface area contributed by atoms with Gasteiger partial charge in [0.15, 0.2) is 0 Å². The van der Waals surface area contributed by atoms with Crippen molar-refractivity contribution in [1.82, 2.24) is 0 Å². The van der Waals surface area contributed by atoms with E-state index >= 15 is 0 Å². The molecule has 136 valence electrons. The molecule has 3 unspecified atom stereocenters. The minimum absolute atomic E-state index is 0.00948. The topological polar surface area (TPSA) is 74.6 Å². The summed E-state index contributed by atoms with van der Waals surface area (Å²) in [6, 6.07) is 0. The quantitative estimate of drug-likeness (QED) is 0.491. The molecule has 4 heteroatoms. The van der Waals surface area contributed by atoms with Crippen LogP contribution in [-0.4, -0.2) is 22.2 Å². The third-order valence-corrected chi connectivity index (χ3v) is 5.36. The molecule has 0 aromatic rings. The molecular formula is C19H36O4. The van der Waals surface area contributed by atoms with Crippen LogP contribution in [0.4, 0.5) is 0 Å². The first-order valence-electron chi connectivity index (χ1n) is 9.09. The highest BCUT2D eigenvalue weighted by atomic mass is 16.4. The zero-order valence-electron chi connectivity index (χ0n) is 15.8. The zero-order chi connectivity index (χ0) is 18.2. The number of carboxylic acid groups (broad SMARTS) is 2. The molecule has 0 radical (unpaired) electrons. The summed E-state index contributed by atoms with van der Waals surface area (Å²) in [7, 11) is 0. The van der Waals surface area contributed by atoms with Gasteiger partial charge in [-0.05, 0) is 24.2 Å². The van der Waals surface area contributed by atoms with Gasteiger partial charge in [0.05, 0.1) is 11.3 Å². The Balaban J connectivity index is 5.53. The molecule has 0 amide bonds. The Morgan fingerprint density at radius 2 is 1.43 bits per heavy atom. The Kier molecular flexibility index (Phi) is 9.48. The summed E-state index contributed by atoms with van der Waals surface area (Å²) in [4.78, 5) is 23.8. The van der Waals surface area contributed by atoms with Gasteiger partial charge in [0.1, 0.15) is 0 Å². The summed E-state index contributed by atoms with van der Waals surface area (Å²) in [5, 5.41) is 19.5. The predicted octanol–water partition coefficient (Wildman–Crippen LogP) is 5.07. The average molecular weight is 328 g/mol. The molecule has 0 bridgehead atoms. The van der Waals surface area contributed by atoms with Gasteiger partial charge in [-0.3, -0.25) is 9.59 Å². The van der Waals surface area contributed by atoms with Crippen molar-refractivity contribution < 1.29 is 19.8 Å². The number of unbranched alkanes of at least 4 members (excludes halogenated alkanes) is 4. The molecule has 3 atom stereocenters. The standard InChI is InChI=1S/C19H36O4/c1-7-8-9-10-11-12-19(14(4)5,18(22)23)16(13(2)3)15(6)17(20)21/h13-16H,7-12H2,1-6H3,(H,20,21)(H,22,23). The summed E-state index contributed by atoms with van der Waals surface area (Å²) in [6.45, 7) is 11.5. The largest absolute Gasteiger partial charge is 0.481 e. The molecule has 4 nitrogen and oxygen atoms in total. The van der Waals surface area contributed by atoms with Gasteiger partial charge in [-0.1, -0.05) is 73.6 Å². The van der Waals surface area contributed by atoms with Crippen LogP contribution < -0.4 is 0 Å². The van der Waals surface area contributed by atoms with Gasteiger partial charge in [-0.2, -0.15) is 0 Å². The van der Waals surface area contributed by atoms with Gasteiger partial charge in [-0.25, -0.2) is 0 Å². The van der Waals surface area contributed by atoms with E-state index in [1.165, 1.54) is 6.42 Å². The second kappa shape index (κ2) is 9.94. The monoisotopic (exact) mass is 328 g/mol. The Morgan fingerprint density at radius 1 is 0.913 bits per heavy atom. The fourth-order valence-electron chi connectivity index (χ4n) is 4.13. The molecule has 0 saturated heterocycles. The minimum Gasteiger partial charge on any atom is -0.481 e. The number of carbonyl (C=O) groups is 2. The van der Waals surface area contributed by atoms with Crippen molar-refractivity contribution in [1.29, 1.82) is 0 Å². The van der Waals surface area contributed by atoms with Crippen molar-refractivity contribution in [2.75, 3.05) is 0 Å². The molecule has 2 N–H and O–H groups in total. The summed E-state index contributed by atoms with van der Waals surface area (Å²) in [5.41, 5.74) is -0.974. The lowest BCUT2D eigenvalue weighted by Gasteiger charge is -2.44. The van der Waals surface area contributed by atoms with Gasteiger partial charge < -0.3 is 10.2 Å². The molecule has 0 aliphatic rings. The molecular weight excluding hydrogens is 292 g/mol. The van der Waals surface area contributed by atoms with Crippen molar-refractivity contribution in [3.05, 3.63) is 0 Å². The Hall–Kier alpha value is -1.06. The summed E-state index contributed by atoms with van der Waals surface area (Å²) in [5.74, 6) is -2.86. The third-order valence-electron chi connectivity index (χ3n) is 5.36. The van der Waals surface area contributed by atoms with Crippen molar-refractivity contribution in [2.45, 2.75) is 80.1 Å². The van der Waals surface area contributed by atoms with Crippen molar-refractivity contribution in [2.24, 2.45) is 29.1 Å². The molecule has 0 aromatic heterocycles. The van der Waals surface area contributed by atoms with E-state index in [2.05, 4.69) is 6.92 Å². The maximum atomic E-state index is 12.3. The van der Waals surface area contributed by atoms with Crippen LogP contribution in [0.15, 0.2) is 0 Å². The van der Waals surface area contributed by atoms with Crippen molar-refractivity contribution in [3.8, 4) is 0 Å². The summed E-state index contributed by atoms with van der Waals surface area (Å²) < 4.78 is 0. The van der Waals surface area contributed by atoms with Crippen LogP contribution in [0.5, 0.6) is 0 Å². The van der Waals surface area contributed by atoms with Crippen LogP contribution in [0.2, 0.25) is 0 Å². The summed E-state index contributed by atoms with van der Waals surface area (Å²) >= 11 is 0. The predicted molar refractivity (Wildman–Crippen MR) is 93.4 cm³/mol. The lowest BCUT2D eigenvalue weighted by Crippen LogP contribution is -2.49. The molecule has 0 rings (SSSR count).